The van der Waals surface area contributed by atoms with E-state index in [-0.39, 0.29) is 28.7 Å². The standard InChI is InChI=1S/C23H23N5O5/c1-15(20-9-4-5-12-24-20)25-21-11-10-18(14-22(21)28(32)33)23(29)26(3)16(2)17-7-6-8-19(13-17)27(30)31/h4-16,25H,1-3H3. The number of aromatic nitrogens is 1. The van der Waals surface area contributed by atoms with Gasteiger partial charge in [0.25, 0.3) is 17.3 Å². The van der Waals surface area contributed by atoms with Crippen LogP contribution in [-0.4, -0.2) is 32.7 Å². The third kappa shape index (κ3) is 5.29. The topological polar surface area (TPSA) is 132 Å². The molecule has 2 unspecified atom stereocenters. The molecule has 0 bridgehead atoms. The highest BCUT2D eigenvalue weighted by Crippen LogP contribution is 2.30. The number of hydrogen-bond donors (Lipinski definition) is 1. The predicted molar refractivity (Wildman–Crippen MR) is 123 cm³/mol. The molecule has 170 valence electrons. The first kappa shape index (κ1) is 23.3. The van der Waals surface area contributed by atoms with Crippen LogP contribution in [0.1, 0.15) is 47.5 Å². The van der Waals surface area contributed by atoms with Crippen LogP contribution in [0.4, 0.5) is 17.1 Å². The first-order chi connectivity index (χ1) is 15.7. The zero-order chi connectivity index (χ0) is 24.1. The Balaban J connectivity index is 1.84. The largest absolute Gasteiger partial charge is 0.371 e. The van der Waals surface area contributed by atoms with Gasteiger partial charge in [0.1, 0.15) is 5.69 Å². The summed E-state index contributed by atoms with van der Waals surface area (Å²) in [5, 5.41) is 25.8. The maximum absolute atomic E-state index is 13.0. The van der Waals surface area contributed by atoms with E-state index in [2.05, 4.69) is 10.3 Å². The number of non-ortho nitro benzene ring substituents is 1. The molecule has 3 rings (SSSR count). The van der Waals surface area contributed by atoms with E-state index in [0.717, 1.165) is 5.69 Å². The molecule has 0 saturated heterocycles. The third-order valence-corrected chi connectivity index (χ3v) is 5.41. The van der Waals surface area contributed by atoms with Gasteiger partial charge in [-0.15, -0.1) is 0 Å². The summed E-state index contributed by atoms with van der Waals surface area (Å²) in [5.74, 6) is -0.443. The van der Waals surface area contributed by atoms with Crippen molar-refractivity contribution in [2.75, 3.05) is 12.4 Å². The van der Waals surface area contributed by atoms with E-state index in [1.807, 2.05) is 19.1 Å². The molecular weight excluding hydrogens is 426 g/mol. The number of nitro benzene ring substituents is 2. The molecule has 0 radical (unpaired) electrons. The van der Waals surface area contributed by atoms with E-state index in [0.29, 0.717) is 5.56 Å². The lowest BCUT2D eigenvalue weighted by Crippen LogP contribution is -2.29. The molecule has 1 heterocycles. The van der Waals surface area contributed by atoms with Crippen LogP contribution in [0.3, 0.4) is 0 Å². The smallest absolute Gasteiger partial charge is 0.293 e. The molecule has 0 saturated carbocycles. The van der Waals surface area contributed by atoms with Crippen molar-refractivity contribution in [3.8, 4) is 0 Å². The molecule has 0 fully saturated rings. The van der Waals surface area contributed by atoms with Crippen molar-refractivity contribution in [2.24, 2.45) is 0 Å². The average Bonchev–Trinajstić information content (AvgIpc) is 2.83. The molecule has 1 aromatic heterocycles. The van der Waals surface area contributed by atoms with Crippen molar-refractivity contribution in [3.05, 3.63) is 104 Å². The van der Waals surface area contributed by atoms with Crippen LogP contribution in [-0.2, 0) is 0 Å². The van der Waals surface area contributed by atoms with Gasteiger partial charge in [-0.05, 0) is 43.7 Å². The minimum atomic E-state index is -0.547. The summed E-state index contributed by atoms with van der Waals surface area (Å²) >= 11 is 0. The normalized spacial score (nSPS) is 12.5. The molecule has 2 aromatic carbocycles. The maximum atomic E-state index is 13.0. The highest BCUT2D eigenvalue weighted by atomic mass is 16.6. The van der Waals surface area contributed by atoms with Crippen LogP contribution in [0.15, 0.2) is 66.9 Å². The summed E-state index contributed by atoms with van der Waals surface area (Å²) in [6.07, 6.45) is 1.64. The number of nitrogens with one attached hydrogen (secondary N) is 1. The summed E-state index contributed by atoms with van der Waals surface area (Å²) in [5.41, 5.74) is 1.39. The van der Waals surface area contributed by atoms with Gasteiger partial charge in [0, 0.05) is 37.0 Å². The number of amides is 1. The second kappa shape index (κ2) is 9.86. The lowest BCUT2D eigenvalue weighted by Gasteiger charge is -2.25. The summed E-state index contributed by atoms with van der Waals surface area (Å²) in [7, 11) is 1.55. The number of pyridine rings is 1. The SMILES string of the molecule is CC(Nc1ccc(C(=O)N(C)C(C)c2cccc([N+](=O)[O-])c2)cc1[N+](=O)[O-])c1ccccn1. The zero-order valence-electron chi connectivity index (χ0n) is 18.3. The highest BCUT2D eigenvalue weighted by Gasteiger charge is 2.24. The fraction of sp³-hybridized carbons (Fsp3) is 0.217. The van der Waals surface area contributed by atoms with E-state index < -0.39 is 21.8 Å². The van der Waals surface area contributed by atoms with E-state index in [1.165, 1.54) is 35.2 Å². The Morgan fingerprint density at radius 1 is 1.00 bits per heavy atom. The van der Waals surface area contributed by atoms with Crippen molar-refractivity contribution in [1.29, 1.82) is 0 Å². The zero-order valence-corrected chi connectivity index (χ0v) is 18.3. The van der Waals surface area contributed by atoms with Gasteiger partial charge < -0.3 is 10.2 Å². The van der Waals surface area contributed by atoms with Gasteiger partial charge in [-0.3, -0.25) is 30.0 Å². The highest BCUT2D eigenvalue weighted by molar-refractivity contribution is 5.96. The molecule has 0 aliphatic carbocycles. The monoisotopic (exact) mass is 449 g/mol. The molecule has 33 heavy (non-hydrogen) atoms. The summed E-state index contributed by atoms with van der Waals surface area (Å²) in [6, 6.07) is 14.9. The number of carbonyl (C=O) groups is 1. The number of rotatable bonds is 8. The first-order valence-electron chi connectivity index (χ1n) is 10.2. The average molecular weight is 449 g/mol. The number of anilines is 1. The van der Waals surface area contributed by atoms with Gasteiger partial charge >= 0.3 is 0 Å². The summed E-state index contributed by atoms with van der Waals surface area (Å²) in [6.45, 7) is 3.56. The van der Waals surface area contributed by atoms with Gasteiger partial charge in [-0.2, -0.15) is 0 Å². The van der Waals surface area contributed by atoms with Gasteiger partial charge in [-0.25, -0.2) is 0 Å². The lowest BCUT2D eigenvalue weighted by atomic mass is 10.0. The Kier molecular flexibility index (Phi) is 6.97. The Labute approximate surface area is 190 Å². The molecule has 0 aliphatic heterocycles. The van der Waals surface area contributed by atoms with Crippen molar-refractivity contribution < 1.29 is 14.6 Å². The minimum Gasteiger partial charge on any atom is -0.371 e. The number of benzene rings is 2. The summed E-state index contributed by atoms with van der Waals surface area (Å²) < 4.78 is 0. The molecular formula is C23H23N5O5. The number of hydrogen-bond acceptors (Lipinski definition) is 7. The summed E-state index contributed by atoms with van der Waals surface area (Å²) in [4.78, 5) is 40.4. The predicted octanol–water partition coefficient (Wildman–Crippen LogP) is 4.90. The molecule has 3 aromatic rings. The van der Waals surface area contributed by atoms with Gasteiger partial charge in [0.05, 0.1) is 27.6 Å². The van der Waals surface area contributed by atoms with E-state index in [4.69, 9.17) is 0 Å². The Hall–Kier alpha value is -4.34. The van der Waals surface area contributed by atoms with Crippen molar-refractivity contribution >= 4 is 23.0 Å². The molecule has 10 heteroatoms. The first-order valence-corrected chi connectivity index (χ1v) is 10.2. The number of nitrogens with zero attached hydrogens (tertiary/aromatic N) is 4. The van der Waals surface area contributed by atoms with Crippen LogP contribution in [0.25, 0.3) is 0 Å². The van der Waals surface area contributed by atoms with Crippen LogP contribution in [0, 0.1) is 20.2 Å². The number of nitro groups is 2. The second-order valence-corrected chi connectivity index (χ2v) is 7.55. The van der Waals surface area contributed by atoms with Crippen LogP contribution in [0.2, 0.25) is 0 Å². The van der Waals surface area contributed by atoms with Crippen LogP contribution < -0.4 is 5.32 Å². The maximum Gasteiger partial charge on any atom is 0.293 e. The van der Waals surface area contributed by atoms with Gasteiger partial charge in [0.15, 0.2) is 0 Å². The Morgan fingerprint density at radius 3 is 2.39 bits per heavy atom. The van der Waals surface area contributed by atoms with E-state index >= 15 is 0 Å². The fourth-order valence-corrected chi connectivity index (χ4v) is 3.38. The fourth-order valence-electron chi connectivity index (χ4n) is 3.38. The molecule has 1 N–H and O–H groups in total. The van der Waals surface area contributed by atoms with E-state index in [9.17, 15) is 25.0 Å². The number of carbonyl (C=O) groups excluding carboxylic acids is 1. The van der Waals surface area contributed by atoms with Gasteiger partial charge in [0.2, 0.25) is 0 Å². The lowest BCUT2D eigenvalue weighted by molar-refractivity contribution is -0.385. The van der Waals surface area contributed by atoms with Crippen molar-refractivity contribution in [2.45, 2.75) is 25.9 Å². The minimum absolute atomic E-state index is 0.0757. The molecule has 10 nitrogen and oxygen atoms in total. The van der Waals surface area contributed by atoms with Crippen molar-refractivity contribution in [1.82, 2.24) is 9.88 Å². The molecule has 1 amide bonds. The van der Waals surface area contributed by atoms with Crippen LogP contribution >= 0.6 is 0 Å². The van der Waals surface area contributed by atoms with Crippen LogP contribution in [0.5, 0.6) is 0 Å². The Morgan fingerprint density at radius 2 is 1.76 bits per heavy atom. The molecule has 0 spiro atoms. The second-order valence-electron chi connectivity index (χ2n) is 7.55. The quantitative estimate of drug-likeness (QED) is 0.382. The third-order valence-electron chi connectivity index (χ3n) is 5.41. The van der Waals surface area contributed by atoms with Gasteiger partial charge in [-0.1, -0.05) is 18.2 Å². The molecule has 0 aliphatic rings. The van der Waals surface area contributed by atoms with Crippen molar-refractivity contribution in [3.63, 3.8) is 0 Å². The Bertz CT molecular complexity index is 1180. The molecule has 2 atom stereocenters. The van der Waals surface area contributed by atoms with E-state index in [1.54, 1.807) is 38.4 Å².